The summed E-state index contributed by atoms with van der Waals surface area (Å²) in [5, 5.41) is 9.84. The molecule has 0 spiro atoms. The van der Waals surface area contributed by atoms with E-state index in [0.717, 1.165) is 64.6 Å². The van der Waals surface area contributed by atoms with Crippen molar-refractivity contribution >= 4 is 52.2 Å². The van der Waals surface area contributed by atoms with Crippen LogP contribution in [0, 0.1) is 0 Å². The predicted molar refractivity (Wildman–Crippen MR) is 158 cm³/mol. The number of allylic oxidation sites excluding steroid dienone is 5. The Morgan fingerprint density at radius 1 is 0.976 bits per heavy atom. The fraction of sp³-hybridized carbons (Fsp3) is 0.387. The molecule has 3 aliphatic rings. The molecule has 9 nitrogen and oxygen atoms in total. The summed E-state index contributed by atoms with van der Waals surface area (Å²) >= 11 is 6.18. The second kappa shape index (κ2) is 11.9. The van der Waals surface area contributed by atoms with Crippen LogP contribution in [-0.4, -0.2) is 63.0 Å². The predicted octanol–water partition coefficient (Wildman–Crippen LogP) is 5.64. The molecule has 2 aromatic heterocycles. The molecular weight excluding hydrogens is 542 g/mol. The third kappa shape index (κ3) is 6.05. The summed E-state index contributed by atoms with van der Waals surface area (Å²) < 4.78 is 5.99. The highest BCUT2D eigenvalue weighted by atomic mass is 35.5. The maximum absolute atomic E-state index is 13.5. The summed E-state index contributed by atoms with van der Waals surface area (Å²) in [6.45, 7) is 2.45. The minimum atomic E-state index is -0.801. The number of carboxylic acid groups (broad SMARTS) is 1. The quantitative estimate of drug-likeness (QED) is 0.345. The van der Waals surface area contributed by atoms with Crippen LogP contribution in [0.5, 0.6) is 0 Å². The third-order valence-corrected chi connectivity index (χ3v) is 8.12. The van der Waals surface area contributed by atoms with Crippen molar-refractivity contribution in [1.82, 2.24) is 19.9 Å². The van der Waals surface area contributed by atoms with Gasteiger partial charge in [-0.15, -0.1) is 0 Å². The summed E-state index contributed by atoms with van der Waals surface area (Å²) in [5.74, 6) is 0.0952. The number of fused-ring (bicyclic) bond motifs is 2. The monoisotopic (exact) mass is 573 g/mol. The van der Waals surface area contributed by atoms with Crippen LogP contribution in [0.25, 0.3) is 22.7 Å². The Balaban J connectivity index is 1.19. The van der Waals surface area contributed by atoms with Crippen molar-refractivity contribution in [3.63, 3.8) is 0 Å². The van der Waals surface area contributed by atoms with Gasteiger partial charge in [-0.25, -0.2) is 9.97 Å². The van der Waals surface area contributed by atoms with Crippen LogP contribution >= 0.6 is 11.6 Å². The van der Waals surface area contributed by atoms with Crippen LogP contribution in [0.2, 0.25) is 0 Å². The lowest BCUT2D eigenvalue weighted by atomic mass is 9.97. The zero-order valence-corrected chi connectivity index (χ0v) is 23.6. The largest absolute Gasteiger partial charge is 0.481 e. The molecule has 1 N–H and O–H groups in total. The molecule has 1 amide bonds. The molecule has 2 aliphatic carbocycles. The first-order chi connectivity index (χ1) is 19.9. The van der Waals surface area contributed by atoms with E-state index in [1.54, 1.807) is 0 Å². The van der Waals surface area contributed by atoms with Crippen LogP contribution in [0.1, 0.15) is 71.7 Å². The SMILES string of the molecule is O=C(O)CCCCc1nc2cc(C(=O)N3CCN(c4nc5c(o4)CCC=C5)CC3)ccc2nc1C1=CC=C(Cl)CC1. The second-order valence-electron chi connectivity index (χ2n) is 10.7. The van der Waals surface area contributed by atoms with Crippen molar-refractivity contribution in [2.45, 2.75) is 51.4 Å². The average molecular weight is 574 g/mol. The second-order valence-corrected chi connectivity index (χ2v) is 11.1. The van der Waals surface area contributed by atoms with Gasteiger partial charge in [-0.2, -0.15) is 4.98 Å². The number of rotatable bonds is 8. The highest BCUT2D eigenvalue weighted by Gasteiger charge is 2.26. The number of benzene rings is 1. The van der Waals surface area contributed by atoms with Gasteiger partial charge in [0.1, 0.15) is 11.5 Å². The molecule has 1 aromatic carbocycles. The molecule has 3 heterocycles. The van der Waals surface area contributed by atoms with Crippen molar-refractivity contribution in [2.24, 2.45) is 0 Å². The summed E-state index contributed by atoms with van der Waals surface area (Å²) in [6.07, 6.45) is 13.4. The van der Waals surface area contributed by atoms with E-state index in [0.29, 0.717) is 62.5 Å². The van der Waals surface area contributed by atoms with E-state index in [9.17, 15) is 9.59 Å². The Hall–Kier alpha value is -3.98. The molecule has 6 rings (SSSR count). The van der Waals surface area contributed by atoms with Crippen molar-refractivity contribution in [3.05, 3.63) is 69.9 Å². The zero-order valence-electron chi connectivity index (χ0n) is 22.8. The van der Waals surface area contributed by atoms with Gasteiger partial charge in [0, 0.05) is 49.6 Å². The fourth-order valence-corrected chi connectivity index (χ4v) is 5.68. The number of aliphatic carboxylic acids is 1. The number of carbonyl (C=O) groups excluding carboxylic acids is 1. The van der Waals surface area contributed by atoms with Gasteiger partial charge in [-0.05, 0) is 74.4 Å². The summed E-state index contributed by atoms with van der Waals surface area (Å²) in [6, 6.07) is 6.14. The average Bonchev–Trinajstić information content (AvgIpc) is 3.43. The molecule has 0 radical (unpaired) electrons. The lowest BCUT2D eigenvalue weighted by molar-refractivity contribution is -0.137. The minimum Gasteiger partial charge on any atom is -0.481 e. The Kier molecular flexibility index (Phi) is 7.87. The molecule has 0 saturated carbocycles. The van der Waals surface area contributed by atoms with Crippen LogP contribution in [0.4, 0.5) is 6.01 Å². The van der Waals surface area contributed by atoms with Crippen molar-refractivity contribution in [1.29, 1.82) is 0 Å². The van der Waals surface area contributed by atoms with Crippen molar-refractivity contribution in [3.8, 4) is 0 Å². The molecule has 0 unspecified atom stereocenters. The third-order valence-electron chi connectivity index (χ3n) is 7.81. The molecular formula is C31H32ClN5O4. The van der Waals surface area contributed by atoms with Gasteiger partial charge in [0.25, 0.3) is 11.9 Å². The Morgan fingerprint density at radius 2 is 1.83 bits per heavy atom. The van der Waals surface area contributed by atoms with Gasteiger partial charge < -0.3 is 19.3 Å². The highest BCUT2D eigenvalue weighted by molar-refractivity contribution is 6.29. The molecule has 0 bridgehead atoms. The van der Waals surface area contributed by atoms with Crippen LogP contribution in [0.15, 0.2) is 45.9 Å². The lowest BCUT2D eigenvalue weighted by Crippen LogP contribution is -2.48. The van der Waals surface area contributed by atoms with E-state index in [4.69, 9.17) is 31.1 Å². The molecule has 3 aromatic rings. The minimum absolute atomic E-state index is 0.0372. The number of oxazole rings is 1. The number of nitrogens with zero attached hydrogens (tertiary/aromatic N) is 5. The maximum atomic E-state index is 13.5. The van der Waals surface area contributed by atoms with Gasteiger partial charge in [-0.3, -0.25) is 9.59 Å². The number of hydrogen-bond donors (Lipinski definition) is 1. The molecule has 41 heavy (non-hydrogen) atoms. The smallest absolute Gasteiger partial charge is 0.303 e. The number of hydrogen-bond acceptors (Lipinski definition) is 7. The van der Waals surface area contributed by atoms with Gasteiger partial charge in [0.2, 0.25) is 0 Å². The number of piperazine rings is 1. The van der Waals surface area contributed by atoms with Crippen molar-refractivity contribution < 1.29 is 19.1 Å². The zero-order chi connectivity index (χ0) is 28.3. The number of amides is 1. The number of aromatic nitrogens is 3. The number of halogens is 1. The molecule has 0 atom stereocenters. The topological polar surface area (TPSA) is 113 Å². The summed E-state index contributed by atoms with van der Waals surface area (Å²) in [7, 11) is 0. The normalized spacial score (nSPS) is 16.9. The Labute approximate surface area is 243 Å². The van der Waals surface area contributed by atoms with Crippen LogP contribution < -0.4 is 4.90 Å². The number of aryl methyl sites for hydroxylation is 2. The van der Waals surface area contributed by atoms with Crippen LogP contribution in [-0.2, 0) is 17.6 Å². The summed E-state index contributed by atoms with van der Waals surface area (Å²) in [5.41, 5.74) is 5.58. The molecule has 1 fully saturated rings. The summed E-state index contributed by atoms with van der Waals surface area (Å²) in [4.78, 5) is 43.0. The van der Waals surface area contributed by atoms with E-state index in [1.807, 2.05) is 41.3 Å². The number of carbonyl (C=O) groups is 2. The highest BCUT2D eigenvalue weighted by Crippen LogP contribution is 2.31. The molecule has 1 saturated heterocycles. The van der Waals surface area contributed by atoms with Crippen LogP contribution in [0.3, 0.4) is 0 Å². The first-order valence-electron chi connectivity index (χ1n) is 14.2. The molecule has 1 aliphatic heterocycles. The Morgan fingerprint density at radius 3 is 2.59 bits per heavy atom. The van der Waals surface area contributed by atoms with Gasteiger partial charge in [0.05, 0.1) is 22.4 Å². The van der Waals surface area contributed by atoms with E-state index in [1.165, 1.54) is 0 Å². The Bertz CT molecular complexity index is 1580. The van der Waals surface area contributed by atoms with Gasteiger partial charge >= 0.3 is 5.97 Å². The molecule has 10 heteroatoms. The standard InChI is InChI=1S/C31H32ClN5O4/c32-22-12-9-20(10-13-22)29-25(6-2-4-8-28(38)39)33-26-19-21(11-14-23(26)34-29)30(40)36-15-17-37(18-16-36)31-35-24-5-1-3-7-27(24)41-31/h1,5,9,11-12,14,19H,2-4,6-8,10,13,15-18H2,(H,38,39). The number of unbranched alkanes of at least 4 members (excludes halogenated alkanes) is 1. The van der Waals surface area contributed by atoms with E-state index >= 15 is 0 Å². The first kappa shape index (κ1) is 27.2. The fourth-order valence-electron chi connectivity index (χ4n) is 5.52. The van der Waals surface area contributed by atoms with Gasteiger partial charge in [-0.1, -0.05) is 23.8 Å². The van der Waals surface area contributed by atoms with E-state index in [-0.39, 0.29) is 12.3 Å². The van der Waals surface area contributed by atoms with E-state index in [2.05, 4.69) is 16.0 Å². The maximum Gasteiger partial charge on any atom is 0.303 e. The first-order valence-corrected chi connectivity index (χ1v) is 14.6. The number of anilines is 1. The van der Waals surface area contributed by atoms with Gasteiger partial charge in [0.15, 0.2) is 0 Å². The van der Waals surface area contributed by atoms with Crippen molar-refractivity contribution in [2.75, 3.05) is 31.1 Å². The lowest BCUT2D eigenvalue weighted by Gasteiger charge is -2.33. The van der Waals surface area contributed by atoms with E-state index < -0.39 is 5.97 Å². The molecule has 212 valence electrons. The number of carboxylic acids is 1.